The van der Waals surface area contributed by atoms with E-state index in [-0.39, 0.29) is 0 Å². The van der Waals surface area contributed by atoms with Crippen LogP contribution in [0.25, 0.3) is 0 Å². The number of hydrogen-bond acceptors (Lipinski definition) is 1. The second kappa shape index (κ2) is 4.89. The van der Waals surface area contributed by atoms with Crippen LogP contribution in [0.4, 0.5) is 5.69 Å². The first-order valence-electron chi connectivity index (χ1n) is 5.80. The molecule has 1 nitrogen and oxygen atoms in total. The molecule has 0 aromatic heterocycles. The first-order valence-corrected chi connectivity index (χ1v) is 6.18. The van der Waals surface area contributed by atoms with E-state index in [0.29, 0.717) is 6.04 Å². The Hall–Kier alpha value is -0.690. The van der Waals surface area contributed by atoms with Crippen LogP contribution in [0.5, 0.6) is 0 Å². The zero-order valence-corrected chi connectivity index (χ0v) is 9.93. The van der Waals surface area contributed by atoms with Crippen LogP contribution in [0.1, 0.15) is 32.6 Å². The average Bonchev–Trinajstić information content (AvgIpc) is 2.69. The number of hydrogen-bond donors (Lipinski definition) is 1. The molecule has 0 saturated heterocycles. The lowest BCUT2D eigenvalue weighted by Gasteiger charge is -2.15. The maximum atomic E-state index is 6.11. The molecule has 2 rings (SSSR count). The Balaban J connectivity index is 1.96. The summed E-state index contributed by atoms with van der Waals surface area (Å²) in [6.45, 7) is 2.28. The summed E-state index contributed by atoms with van der Waals surface area (Å²) in [4.78, 5) is 0. The van der Waals surface area contributed by atoms with Gasteiger partial charge in [0, 0.05) is 6.04 Å². The molecule has 0 bridgehead atoms. The summed E-state index contributed by atoms with van der Waals surface area (Å²) in [5.41, 5.74) is 1.08. The molecule has 1 N–H and O–H groups in total. The van der Waals surface area contributed by atoms with Crippen molar-refractivity contribution < 1.29 is 0 Å². The van der Waals surface area contributed by atoms with Gasteiger partial charge in [-0.15, -0.1) is 0 Å². The fourth-order valence-corrected chi connectivity index (χ4v) is 2.57. The van der Waals surface area contributed by atoms with Crippen LogP contribution in [-0.4, -0.2) is 6.04 Å². The molecule has 15 heavy (non-hydrogen) atoms. The molecule has 1 aromatic carbocycles. The van der Waals surface area contributed by atoms with Gasteiger partial charge in [-0.2, -0.15) is 0 Å². The molecule has 0 radical (unpaired) electrons. The van der Waals surface area contributed by atoms with E-state index in [9.17, 15) is 0 Å². The van der Waals surface area contributed by atoms with Gasteiger partial charge in [0.05, 0.1) is 10.7 Å². The molecular weight excluding hydrogens is 206 g/mol. The molecular formula is C13H18ClN. The molecule has 2 atom stereocenters. The van der Waals surface area contributed by atoms with Crippen LogP contribution in [0, 0.1) is 5.92 Å². The van der Waals surface area contributed by atoms with Gasteiger partial charge in [0.25, 0.3) is 0 Å². The lowest BCUT2D eigenvalue weighted by atomic mass is 10.1. The highest BCUT2D eigenvalue weighted by atomic mass is 35.5. The lowest BCUT2D eigenvalue weighted by molar-refractivity contribution is 0.525. The first kappa shape index (κ1) is 10.8. The quantitative estimate of drug-likeness (QED) is 0.804. The highest BCUT2D eigenvalue weighted by Gasteiger charge is 2.23. The third-order valence-corrected chi connectivity index (χ3v) is 3.68. The van der Waals surface area contributed by atoms with E-state index in [1.54, 1.807) is 0 Å². The maximum absolute atomic E-state index is 6.11. The summed E-state index contributed by atoms with van der Waals surface area (Å²) in [5, 5.41) is 4.37. The average molecular weight is 224 g/mol. The van der Waals surface area contributed by atoms with E-state index >= 15 is 0 Å². The minimum Gasteiger partial charge on any atom is -0.381 e. The van der Waals surface area contributed by atoms with E-state index in [0.717, 1.165) is 16.6 Å². The van der Waals surface area contributed by atoms with Gasteiger partial charge in [0.1, 0.15) is 0 Å². The molecule has 0 amide bonds. The summed E-state index contributed by atoms with van der Waals surface area (Å²) in [5.74, 6) is 0.907. The Labute approximate surface area is 96.8 Å². The van der Waals surface area contributed by atoms with E-state index in [2.05, 4.69) is 18.3 Å². The van der Waals surface area contributed by atoms with Gasteiger partial charge >= 0.3 is 0 Å². The van der Waals surface area contributed by atoms with Gasteiger partial charge in [0.2, 0.25) is 0 Å². The second-order valence-electron chi connectivity index (χ2n) is 4.41. The van der Waals surface area contributed by atoms with Crippen molar-refractivity contribution in [3.8, 4) is 0 Å². The molecule has 1 aromatic rings. The Morgan fingerprint density at radius 3 is 2.80 bits per heavy atom. The van der Waals surface area contributed by atoms with E-state index < -0.39 is 0 Å². The van der Waals surface area contributed by atoms with Crippen molar-refractivity contribution in [3.05, 3.63) is 29.3 Å². The second-order valence-corrected chi connectivity index (χ2v) is 4.82. The van der Waals surface area contributed by atoms with Gasteiger partial charge in [-0.1, -0.05) is 37.1 Å². The highest BCUT2D eigenvalue weighted by Crippen LogP contribution is 2.31. The number of para-hydroxylation sites is 1. The van der Waals surface area contributed by atoms with E-state index in [4.69, 9.17) is 11.6 Å². The summed E-state index contributed by atoms with van der Waals surface area (Å²) in [7, 11) is 0. The van der Waals surface area contributed by atoms with Crippen LogP contribution in [0.3, 0.4) is 0 Å². The molecule has 1 aliphatic carbocycles. The van der Waals surface area contributed by atoms with Gasteiger partial charge in [-0.05, 0) is 37.3 Å². The molecule has 0 heterocycles. The zero-order valence-electron chi connectivity index (χ0n) is 9.17. The smallest absolute Gasteiger partial charge is 0.0637 e. The SMILES string of the molecule is CCC1CCC(Nc2ccccc2Cl)C1. The maximum Gasteiger partial charge on any atom is 0.0637 e. The topological polar surface area (TPSA) is 12.0 Å². The van der Waals surface area contributed by atoms with Gasteiger partial charge in [-0.25, -0.2) is 0 Å². The Bertz CT molecular complexity index is 324. The van der Waals surface area contributed by atoms with Crippen LogP contribution in [0.15, 0.2) is 24.3 Å². The standard InChI is InChI=1S/C13H18ClN/c1-2-10-7-8-11(9-10)15-13-6-4-3-5-12(13)14/h3-6,10-11,15H,2,7-9H2,1H3. The molecule has 0 spiro atoms. The molecule has 2 heteroatoms. The predicted octanol–water partition coefficient (Wildman–Crippen LogP) is 4.33. The Morgan fingerprint density at radius 1 is 1.33 bits per heavy atom. The third-order valence-electron chi connectivity index (χ3n) is 3.35. The van der Waals surface area contributed by atoms with Gasteiger partial charge in [0.15, 0.2) is 0 Å². The van der Waals surface area contributed by atoms with Gasteiger partial charge in [-0.3, -0.25) is 0 Å². The normalized spacial score (nSPS) is 25.5. The minimum atomic E-state index is 0.620. The number of rotatable bonds is 3. The van der Waals surface area contributed by atoms with E-state index in [1.165, 1.54) is 25.7 Å². The Kier molecular flexibility index (Phi) is 3.53. The molecule has 1 aliphatic rings. The number of halogens is 1. The molecule has 1 saturated carbocycles. The highest BCUT2D eigenvalue weighted by molar-refractivity contribution is 6.33. The van der Waals surface area contributed by atoms with Crippen molar-refractivity contribution in [3.63, 3.8) is 0 Å². The van der Waals surface area contributed by atoms with Crippen molar-refractivity contribution in [2.24, 2.45) is 5.92 Å². The molecule has 82 valence electrons. The number of benzene rings is 1. The summed E-state index contributed by atoms with van der Waals surface area (Å²) >= 11 is 6.11. The number of anilines is 1. The molecule has 1 fully saturated rings. The van der Waals surface area contributed by atoms with Crippen LogP contribution in [-0.2, 0) is 0 Å². The van der Waals surface area contributed by atoms with Crippen LogP contribution >= 0.6 is 11.6 Å². The fourth-order valence-electron chi connectivity index (χ4n) is 2.38. The summed E-state index contributed by atoms with van der Waals surface area (Å²) in [6.07, 6.45) is 5.24. The van der Waals surface area contributed by atoms with Crippen molar-refractivity contribution in [2.75, 3.05) is 5.32 Å². The fraction of sp³-hybridized carbons (Fsp3) is 0.538. The van der Waals surface area contributed by atoms with E-state index in [1.807, 2.05) is 18.2 Å². The molecule has 0 aliphatic heterocycles. The zero-order chi connectivity index (χ0) is 10.7. The number of nitrogens with one attached hydrogen (secondary N) is 1. The largest absolute Gasteiger partial charge is 0.381 e. The first-order chi connectivity index (χ1) is 7.29. The minimum absolute atomic E-state index is 0.620. The van der Waals surface area contributed by atoms with Crippen molar-refractivity contribution in [1.29, 1.82) is 0 Å². The van der Waals surface area contributed by atoms with Crippen LogP contribution < -0.4 is 5.32 Å². The summed E-state index contributed by atoms with van der Waals surface area (Å²) < 4.78 is 0. The van der Waals surface area contributed by atoms with Crippen molar-refractivity contribution >= 4 is 17.3 Å². The van der Waals surface area contributed by atoms with Crippen molar-refractivity contribution in [2.45, 2.75) is 38.6 Å². The monoisotopic (exact) mass is 223 g/mol. The lowest BCUT2D eigenvalue weighted by Crippen LogP contribution is -2.15. The predicted molar refractivity (Wildman–Crippen MR) is 66.5 cm³/mol. The van der Waals surface area contributed by atoms with Crippen molar-refractivity contribution in [1.82, 2.24) is 0 Å². The van der Waals surface area contributed by atoms with Gasteiger partial charge < -0.3 is 5.32 Å². The molecule has 2 unspecified atom stereocenters. The van der Waals surface area contributed by atoms with Crippen LogP contribution in [0.2, 0.25) is 5.02 Å². The Morgan fingerprint density at radius 2 is 2.13 bits per heavy atom. The summed E-state index contributed by atoms with van der Waals surface area (Å²) in [6, 6.07) is 8.62. The third kappa shape index (κ3) is 2.66.